The average Bonchev–Trinajstić information content (AvgIpc) is 2.48. The van der Waals surface area contributed by atoms with Crippen molar-refractivity contribution in [2.75, 3.05) is 24.7 Å². The van der Waals surface area contributed by atoms with Gasteiger partial charge in [-0.15, -0.1) is 0 Å². The average molecular weight is 339 g/mol. The van der Waals surface area contributed by atoms with E-state index in [9.17, 15) is 18.0 Å². The van der Waals surface area contributed by atoms with Crippen LogP contribution in [0.1, 0.15) is 28.8 Å². The lowest BCUT2D eigenvalue weighted by molar-refractivity contribution is -0.120. The van der Waals surface area contributed by atoms with E-state index in [1.807, 2.05) is 0 Å². The van der Waals surface area contributed by atoms with Gasteiger partial charge in [0.05, 0.1) is 6.26 Å². The topological polar surface area (TPSA) is 110 Å². The Labute approximate surface area is 135 Å². The van der Waals surface area contributed by atoms with Crippen molar-refractivity contribution in [3.05, 3.63) is 29.3 Å². The molecule has 8 heteroatoms. The molecule has 7 nitrogen and oxygen atoms in total. The molecule has 0 aliphatic carbocycles. The van der Waals surface area contributed by atoms with Gasteiger partial charge in [-0.3, -0.25) is 9.59 Å². The summed E-state index contributed by atoms with van der Waals surface area (Å²) >= 11 is 0. The first-order chi connectivity index (χ1) is 10.7. The second-order valence-electron chi connectivity index (χ2n) is 5.77. The summed E-state index contributed by atoms with van der Waals surface area (Å²) in [4.78, 5) is 23.7. The smallest absolute Gasteiger partial charge is 0.249 e. The summed E-state index contributed by atoms with van der Waals surface area (Å²) in [5.41, 5.74) is 6.85. The Kier molecular flexibility index (Phi) is 5.06. The van der Waals surface area contributed by atoms with E-state index in [2.05, 4.69) is 5.32 Å². The SMILES string of the molecule is Cc1c(NC(=O)C2CCN(S(C)(=O)=O)CC2)cccc1C(N)=O. The highest BCUT2D eigenvalue weighted by Gasteiger charge is 2.29. The number of primary amides is 1. The van der Waals surface area contributed by atoms with E-state index in [0.29, 0.717) is 42.7 Å². The second-order valence-corrected chi connectivity index (χ2v) is 7.75. The minimum absolute atomic E-state index is 0.164. The van der Waals surface area contributed by atoms with Gasteiger partial charge in [-0.25, -0.2) is 12.7 Å². The number of amides is 2. The summed E-state index contributed by atoms with van der Waals surface area (Å²) in [6.45, 7) is 2.41. The lowest BCUT2D eigenvalue weighted by Crippen LogP contribution is -2.41. The maximum absolute atomic E-state index is 12.4. The molecule has 126 valence electrons. The maximum Gasteiger partial charge on any atom is 0.249 e. The van der Waals surface area contributed by atoms with E-state index in [1.54, 1.807) is 25.1 Å². The molecule has 0 spiro atoms. The van der Waals surface area contributed by atoms with Gasteiger partial charge >= 0.3 is 0 Å². The number of hydrogen-bond donors (Lipinski definition) is 2. The Morgan fingerprint density at radius 1 is 1.26 bits per heavy atom. The van der Waals surface area contributed by atoms with Gasteiger partial charge in [0.1, 0.15) is 0 Å². The molecule has 1 fully saturated rings. The minimum atomic E-state index is -3.21. The molecule has 1 saturated heterocycles. The largest absolute Gasteiger partial charge is 0.366 e. The Bertz CT molecular complexity index is 722. The van der Waals surface area contributed by atoms with E-state index < -0.39 is 15.9 Å². The zero-order chi connectivity index (χ0) is 17.2. The normalized spacial score (nSPS) is 17.0. The number of nitrogens with two attached hydrogens (primary N) is 1. The van der Waals surface area contributed by atoms with E-state index in [0.717, 1.165) is 0 Å². The van der Waals surface area contributed by atoms with Crippen molar-refractivity contribution in [1.29, 1.82) is 0 Å². The molecular weight excluding hydrogens is 318 g/mol. The molecule has 2 amide bonds. The molecule has 1 heterocycles. The molecule has 0 atom stereocenters. The molecule has 1 aromatic carbocycles. The number of nitrogens with zero attached hydrogens (tertiary/aromatic N) is 1. The summed E-state index contributed by atoms with van der Waals surface area (Å²) in [5, 5.41) is 2.81. The van der Waals surface area contributed by atoms with Crippen molar-refractivity contribution in [2.24, 2.45) is 11.7 Å². The molecule has 1 aliphatic heterocycles. The number of piperidine rings is 1. The molecule has 0 radical (unpaired) electrons. The Morgan fingerprint density at radius 2 is 1.87 bits per heavy atom. The number of rotatable bonds is 4. The van der Waals surface area contributed by atoms with Gasteiger partial charge in [-0.2, -0.15) is 0 Å². The van der Waals surface area contributed by atoms with Gasteiger partial charge < -0.3 is 11.1 Å². The van der Waals surface area contributed by atoms with Gasteiger partial charge in [0, 0.05) is 30.3 Å². The zero-order valence-electron chi connectivity index (χ0n) is 13.2. The van der Waals surface area contributed by atoms with Crippen LogP contribution in [0.15, 0.2) is 18.2 Å². The van der Waals surface area contributed by atoms with Crippen LogP contribution in [0.25, 0.3) is 0 Å². The van der Waals surface area contributed by atoms with Crippen LogP contribution in [-0.2, 0) is 14.8 Å². The van der Waals surface area contributed by atoms with Crippen LogP contribution in [0.5, 0.6) is 0 Å². The predicted molar refractivity (Wildman–Crippen MR) is 87.5 cm³/mol. The third-order valence-electron chi connectivity index (χ3n) is 4.15. The summed E-state index contributed by atoms with van der Waals surface area (Å²) < 4.78 is 24.3. The maximum atomic E-state index is 12.4. The third kappa shape index (κ3) is 4.08. The predicted octanol–water partition coefficient (Wildman–Crippen LogP) is 0.704. The number of carbonyl (C=O) groups excluding carboxylic acids is 2. The first kappa shape index (κ1) is 17.4. The summed E-state index contributed by atoms with van der Waals surface area (Å²) in [5.74, 6) is -0.951. The van der Waals surface area contributed by atoms with Gasteiger partial charge in [0.25, 0.3) is 0 Å². The molecule has 1 aliphatic rings. The van der Waals surface area contributed by atoms with Crippen molar-refractivity contribution in [1.82, 2.24) is 4.31 Å². The quantitative estimate of drug-likeness (QED) is 0.841. The number of nitrogens with one attached hydrogen (secondary N) is 1. The molecule has 0 unspecified atom stereocenters. The molecule has 23 heavy (non-hydrogen) atoms. The van der Waals surface area contributed by atoms with E-state index in [-0.39, 0.29) is 11.8 Å². The highest BCUT2D eigenvalue weighted by molar-refractivity contribution is 7.88. The summed E-state index contributed by atoms with van der Waals surface area (Å²) in [6, 6.07) is 4.98. The van der Waals surface area contributed by atoms with E-state index in [1.165, 1.54) is 10.6 Å². The zero-order valence-corrected chi connectivity index (χ0v) is 14.0. The molecule has 1 aromatic rings. The lowest BCUT2D eigenvalue weighted by Gasteiger charge is -2.29. The van der Waals surface area contributed by atoms with Gasteiger partial charge in [-0.05, 0) is 37.5 Å². The van der Waals surface area contributed by atoms with Crippen LogP contribution < -0.4 is 11.1 Å². The van der Waals surface area contributed by atoms with Crippen molar-refractivity contribution in [3.8, 4) is 0 Å². The molecule has 0 aromatic heterocycles. The number of carbonyl (C=O) groups is 2. The Hall–Kier alpha value is -1.93. The third-order valence-corrected chi connectivity index (χ3v) is 5.45. The monoisotopic (exact) mass is 339 g/mol. The minimum Gasteiger partial charge on any atom is -0.366 e. The fourth-order valence-corrected chi connectivity index (χ4v) is 3.60. The van der Waals surface area contributed by atoms with E-state index >= 15 is 0 Å². The first-order valence-electron chi connectivity index (χ1n) is 7.35. The van der Waals surface area contributed by atoms with Crippen molar-refractivity contribution >= 4 is 27.5 Å². The Morgan fingerprint density at radius 3 is 2.39 bits per heavy atom. The number of benzene rings is 1. The summed E-state index contributed by atoms with van der Waals surface area (Å²) in [7, 11) is -3.21. The van der Waals surface area contributed by atoms with Crippen molar-refractivity contribution in [2.45, 2.75) is 19.8 Å². The fraction of sp³-hybridized carbons (Fsp3) is 0.467. The van der Waals surface area contributed by atoms with Crippen LogP contribution in [0.4, 0.5) is 5.69 Å². The highest BCUT2D eigenvalue weighted by Crippen LogP contribution is 2.23. The molecular formula is C15H21N3O4S. The van der Waals surface area contributed by atoms with Gasteiger partial charge in [0.15, 0.2) is 0 Å². The van der Waals surface area contributed by atoms with Crippen molar-refractivity contribution in [3.63, 3.8) is 0 Å². The lowest BCUT2D eigenvalue weighted by atomic mass is 9.96. The molecule has 0 saturated carbocycles. The van der Waals surface area contributed by atoms with Crippen molar-refractivity contribution < 1.29 is 18.0 Å². The van der Waals surface area contributed by atoms with Crippen LogP contribution in [0, 0.1) is 12.8 Å². The number of anilines is 1. The van der Waals surface area contributed by atoms with Gasteiger partial charge in [-0.1, -0.05) is 6.07 Å². The first-order valence-corrected chi connectivity index (χ1v) is 9.20. The molecule has 2 rings (SSSR count). The second kappa shape index (κ2) is 6.67. The van der Waals surface area contributed by atoms with Crippen LogP contribution in [0.3, 0.4) is 0 Å². The number of hydrogen-bond acceptors (Lipinski definition) is 4. The molecule has 3 N–H and O–H groups in total. The highest BCUT2D eigenvalue weighted by atomic mass is 32.2. The fourth-order valence-electron chi connectivity index (χ4n) is 2.72. The standard InChI is InChI=1S/C15H21N3O4S/c1-10-12(14(16)19)4-3-5-13(10)17-15(20)11-6-8-18(9-7-11)23(2,21)22/h3-5,11H,6-9H2,1-2H3,(H2,16,19)(H,17,20). The molecule has 0 bridgehead atoms. The number of sulfonamides is 1. The van der Waals surface area contributed by atoms with Crippen LogP contribution >= 0.6 is 0 Å². The van der Waals surface area contributed by atoms with E-state index in [4.69, 9.17) is 5.73 Å². The Balaban J connectivity index is 2.04. The van der Waals surface area contributed by atoms with Crippen LogP contribution in [-0.4, -0.2) is 43.9 Å². The van der Waals surface area contributed by atoms with Crippen LogP contribution in [0.2, 0.25) is 0 Å². The summed E-state index contributed by atoms with van der Waals surface area (Å²) in [6.07, 6.45) is 2.13. The van der Waals surface area contributed by atoms with Gasteiger partial charge in [0.2, 0.25) is 21.8 Å².